The predicted octanol–water partition coefficient (Wildman–Crippen LogP) is 4.55. The van der Waals surface area contributed by atoms with Gasteiger partial charge in [0.15, 0.2) is 0 Å². The number of anilines is 1. The topological polar surface area (TPSA) is 71.7 Å². The number of para-hydroxylation sites is 1. The molecule has 0 spiro atoms. The Labute approximate surface area is 186 Å². The van der Waals surface area contributed by atoms with Crippen LogP contribution in [0.3, 0.4) is 0 Å². The number of aromatic nitrogens is 1. The van der Waals surface area contributed by atoms with Gasteiger partial charge in [0.2, 0.25) is 0 Å². The molecule has 3 aromatic rings. The third-order valence-electron chi connectivity index (χ3n) is 5.04. The van der Waals surface area contributed by atoms with Crippen molar-refractivity contribution in [2.75, 3.05) is 31.1 Å². The second-order valence-electron chi connectivity index (χ2n) is 7.06. The lowest BCUT2D eigenvalue weighted by atomic mass is 10.0. The first kappa shape index (κ1) is 21.0. The van der Waals surface area contributed by atoms with Crippen LogP contribution < -0.4 is 15.4 Å². The Kier molecular flexibility index (Phi) is 6.54. The number of rotatable bonds is 7. The zero-order valence-electron chi connectivity index (χ0n) is 17.1. The van der Waals surface area contributed by atoms with E-state index in [9.17, 15) is 4.79 Å². The van der Waals surface area contributed by atoms with Crippen LogP contribution >= 0.6 is 11.9 Å². The van der Waals surface area contributed by atoms with Crippen molar-refractivity contribution in [3.8, 4) is 22.8 Å². The van der Waals surface area contributed by atoms with Crippen molar-refractivity contribution >= 4 is 23.7 Å². The minimum absolute atomic E-state index is 0.404. The summed E-state index contributed by atoms with van der Waals surface area (Å²) < 4.78 is 8.13. The molecule has 1 aliphatic rings. The Hall–Kier alpha value is -3.29. The summed E-state index contributed by atoms with van der Waals surface area (Å²) >= 11 is 1.63. The number of nitrogens with zero attached hydrogens (tertiary/aromatic N) is 3. The molecule has 0 radical (unpaired) electrons. The van der Waals surface area contributed by atoms with E-state index in [-0.39, 0.29) is 0 Å². The zero-order valence-corrected chi connectivity index (χ0v) is 17.9. The van der Waals surface area contributed by atoms with Crippen LogP contribution in [0.1, 0.15) is 10.4 Å². The molecule has 1 fully saturated rings. The van der Waals surface area contributed by atoms with Gasteiger partial charge >= 0.3 is 0 Å². The van der Waals surface area contributed by atoms with Crippen LogP contribution in [-0.4, -0.2) is 41.4 Å². The van der Waals surface area contributed by atoms with E-state index >= 15 is 0 Å². The maximum absolute atomic E-state index is 12.0. The molecule has 7 heteroatoms. The number of benzene rings is 2. The molecular weight excluding hydrogens is 408 g/mol. The van der Waals surface area contributed by atoms with Crippen LogP contribution in [0.4, 0.5) is 5.82 Å². The highest BCUT2D eigenvalue weighted by Crippen LogP contribution is 2.29. The second-order valence-corrected chi connectivity index (χ2v) is 8.12. The fraction of sp³-hybridized carbons (Fsp3) is 0.167. The van der Waals surface area contributed by atoms with Gasteiger partial charge in [-0.15, -0.1) is 0 Å². The number of hydrogen-bond acceptors (Lipinski definition) is 6. The fourth-order valence-electron chi connectivity index (χ4n) is 3.48. The highest BCUT2D eigenvalue weighted by molar-refractivity contribution is 7.99. The van der Waals surface area contributed by atoms with Crippen LogP contribution in [0.15, 0.2) is 78.7 Å². The van der Waals surface area contributed by atoms with E-state index in [0.717, 1.165) is 43.3 Å². The van der Waals surface area contributed by atoms with E-state index < -0.39 is 5.91 Å². The van der Waals surface area contributed by atoms with Crippen LogP contribution in [0.25, 0.3) is 11.3 Å². The Morgan fingerprint density at radius 2 is 1.65 bits per heavy atom. The molecule has 31 heavy (non-hydrogen) atoms. The molecule has 0 saturated carbocycles. The minimum Gasteiger partial charge on any atom is -0.457 e. The molecule has 0 atom stereocenters. The number of amides is 1. The molecule has 1 aliphatic heterocycles. The number of nitrogens with two attached hydrogens (primary N) is 1. The largest absolute Gasteiger partial charge is 0.457 e. The summed E-state index contributed by atoms with van der Waals surface area (Å²) in [4.78, 5) is 19.1. The molecule has 2 N–H and O–H groups in total. The van der Waals surface area contributed by atoms with Crippen LogP contribution in [0, 0.1) is 0 Å². The van der Waals surface area contributed by atoms with E-state index in [0.29, 0.717) is 17.0 Å². The number of piperazine rings is 1. The summed E-state index contributed by atoms with van der Waals surface area (Å²) in [6.45, 7) is 7.31. The summed E-state index contributed by atoms with van der Waals surface area (Å²) in [6, 6.07) is 20.8. The zero-order chi connectivity index (χ0) is 21.6. The van der Waals surface area contributed by atoms with Crippen molar-refractivity contribution in [3.05, 3.63) is 84.3 Å². The average Bonchev–Trinajstić information content (AvgIpc) is 2.80. The fourth-order valence-corrected chi connectivity index (χ4v) is 4.06. The van der Waals surface area contributed by atoms with Gasteiger partial charge in [-0.05, 0) is 53.9 Å². The van der Waals surface area contributed by atoms with Gasteiger partial charge in [-0.25, -0.2) is 9.29 Å². The molecule has 158 valence electrons. The van der Waals surface area contributed by atoms with Crippen LogP contribution in [0.2, 0.25) is 0 Å². The Morgan fingerprint density at radius 1 is 0.968 bits per heavy atom. The van der Waals surface area contributed by atoms with E-state index in [1.54, 1.807) is 18.0 Å². The molecule has 0 aliphatic carbocycles. The molecule has 1 amide bonds. The van der Waals surface area contributed by atoms with Crippen molar-refractivity contribution in [2.45, 2.75) is 0 Å². The van der Waals surface area contributed by atoms with Crippen molar-refractivity contribution in [1.82, 2.24) is 9.29 Å². The quantitative estimate of drug-likeness (QED) is 0.552. The molecule has 1 aromatic heterocycles. The monoisotopic (exact) mass is 432 g/mol. The summed E-state index contributed by atoms with van der Waals surface area (Å²) in [5.74, 6) is 1.82. The van der Waals surface area contributed by atoms with Gasteiger partial charge in [0.25, 0.3) is 5.91 Å². The molecule has 6 nitrogen and oxygen atoms in total. The normalized spacial score (nSPS) is 14.3. The lowest BCUT2D eigenvalue weighted by molar-refractivity contribution is 0.100. The smallest absolute Gasteiger partial charge is 0.250 e. The highest BCUT2D eigenvalue weighted by atomic mass is 32.2. The number of carbonyl (C=O) groups excluding carboxylic acids is 1. The average molecular weight is 433 g/mol. The number of primary amides is 1. The molecule has 0 bridgehead atoms. The molecule has 1 saturated heterocycles. The molecular formula is C24H24N4O2S. The number of ether oxygens (including phenoxy) is 1. The maximum atomic E-state index is 12.0. The summed E-state index contributed by atoms with van der Waals surface area (Å²) in [5, 5.41) is 1.85. The molecule has 0 unspecified atom stereocenters. The van der Waals surface area contributed by atoms with Gasteiger partial charge in [-0.2, -0.15) is 0 Å². The number of pyridine rings is 1. The van der Waals surface area contributed by atoms with Gasteiger partial charge in [-0.1, -0.05) is 36.7 Å². The van der Waals surface area contributed by atoms with Gasteiger partial charge in [0, 0.05) is 31.7 Å². The minimum atomic E-state index is -0.495. The number of carbonyl (C=O) groups is 1. The van der Waals surface area contributed by atoms with Crippen LogP contribution in [0.5, 0.6) is 11.5 Å². The number of hydrogen-bond donors (Lipinski definition) is 1. The standard InChI is InChI=1S/C24H24N4O2S/c1-2-31-28-16-14-27(15-17-28)22-13-12-21(24(25)29)23(26-22)18-8-10-20(11-9-18)30-19-6-4-3-5-7-19/h2-13H,1,14-17H2,(H2,25,29). The molecule has 2 aromatic carbocycles. The maximum Gasteiger partial charge on any atom is 0.250 e. The Balaban J connectivity index is 1.57. The highest BCUT2D eigenvalue weighted by Gasteiger charge is 2.20. The Bertz CT molecular complexity index is 1050. The summed E-state index contributed by atoms with van der Waals surface area (Å²) in [6.07, 6.45) is 0. The Morgan fingerprint density at radius 3 is 2.29 bits per heavy atom. The van der Waals surface area contributed by atoms with Gasteiger partial charge < -0.3 is 15.4 Å². The van der Waals surface area contributed by atoms with Crippen molar-refractivity contribution < 1.29 is 9.53 Å². The molecule has 4 rings (SSSR count). The lowest BCUT2D eigenvalue weighted by Gasteiger charge is -2.34. The first-order valence-corrected chi connectivity index (χ1v) is 10.9. The van der Waals surface area contributed by atoms with Crippen LogP contribution in [-0.2, 0) is 0 Å². The summed E-state index contributed by atoms with van der Waals surface area (Å²) in [5.41, 5.74) is 7.43. The van der Waals surface area contributed by atoms with Gasteiger partial charge in [-0.3, -0.25) is 4.79 Å². The van der Waals surface area contributed by atoms with E-state index in [4.69, 9.17) is 15.5 Å². The lowest BCUT2D eigenvalue weighted by Crippen LogP contribution is -2.43. The van der Waals surface area contributed by atoms with E-state index in [1.807, 2.05) is 66.1 Å². The second kappa shape index (κ2) is 9.68. The molecule has 2 heterocycles. The predicted molar refractivity (Wildman–Crippen MR) is 126 cm³/mol. The van der Waals surface area contributed by atoms with Gasteiger partial charge in [0.05, 0.1) is 11.3 Å². The third-order valence-corrected chi connectivity index (χ3v) is 5.85. The van der Waals surface area contributed by atoms with E-state index in [2.05, 4.69) is 15.8 Å². The first-order chi connectivity index (χ1) is 15.1. The van der Waals surface area contributed by atoms with Gasteiger partial charge in [0.1, 0.15) is 17.3 Å². The van der Waals surface area contributed by atoms with Crippen molar-refractivity contribution in [1.29, 1.82) is 0 Å². The van der Waals surface area contributed by atoms with E-state index in [1.165, 1.54) is 0 Å². The summed E-state index contributed by atoms with van der Waals surface area (Å²) in [7, 11) is 0. The van der Waals surface area contributed by atoms with Crippen molar-refractivity contribution in [2.24, 2.45) is 5.73 Å². The SMILES string of the molecule is C=CSN1CCN(c2ccc(C(N)=O)c(-c3ccc(Oc4ccccc4)cc3)n2)CC1. The van der Waals surface area contributed by atoms with Crippen molar-refractivity contribution in [3.63, 3.8) is 0 Å². The first-order valence-electron chi connectivity index (χ1n) is 10.1. The third kappa shape index (κ3) is 5.07.